The van der Waals surface area contributed by atoms with Gasteiger partial charge in [0.05, 0.1) is 16.1 Å². The number of oxazole rings is 1. The maximum Gasteiger partial charge on any atom is 0.420 e. The Bertz CT molecular complexity index is 1300. The fourth-order valence-electron chi connectivity index (χ4n) is 2.90. The summed E-state index contributed by atoms with van der Waals surface area (Å²) >= 11 is 1.19. The van der Waals surface area contributed by atoms with E-state index >= 15 is 0 Å². The molecule has 4 rings (SSSR count). The van der Waals surface area contributed by atoms with Crippen LogP contribution in [0.4, 0.5) is 10.8 Å². The number of nitro groups is 1. The summed E-state index contributed by atoms with van der Waals surface area (Å²) in [6, 6.07) is 11.7. The Balaban J connectivity index is 1.53. The second-order valence-corrected chi connectivity index (χ2v) is 7.12. The van der Waals surface area contributed by atoms with Crippen LogP contribution in [-0.2, 0) is 11.3 Å². The Kier molecular flexibility index (Phi) is 4.69. The number of rotatable bonds is 5. The molecule has 0 bridgehead atoms. The van der Waals surface area contributed by atoms with Crippen LogP contribution in [0.3, 0.4) is 0 Å². The van der Waals surface area contributed by atoms with Gasteiger partial charge < -0.3 is 9.73 Å². The predicted octanol–water partition coefficient (Wildman–Crippen LogP) is 3.57. The topological polar surface area (TPSA) is 120 Å². The van der Waals surface area contributed by atoms with Crippen molar-refractivity contribution >= 4 is 39.2 Å². The molecule has 29 heavy (non-hydrogen) atoms. The number of thiazole rings is 1. The van der Waals surface area contributed by atoms with Crippen LogP contribution >= 0.6 is 11.3 Å². The molecule has 2 heterocycles. The van der Waals surface area contributed by atoms with Crippen LogP contribution < -0.4 is 11.1 Å². The van der Waals surface area contributed by atoms with E-state index in [1.54, 1.807) is 48.7 Å². The number of aromatic nitrogens is 2. The number of fused-ring (bicyclic) bond motifs is 1. The zero-order valence-corrected chi connectivity index (χ0v) is 15.9. The van der Waals surface area contributed by atoms with Crippen LogP contribution in [0.1, 0.15) is 5.56 Å². The number of aryl methyl sites for hydroxylation is 1. The Hall–Kier alpha value is -3.79. The molecule has 2 aromatic carbocycles. The molecule has 2 aromatic heterocycles. The Morgan fingerprint density at radius 1 is 1.31 bits per heavy atom. The molecule has 0 saturated heterocycles. The maximum atomic E-state index is 12.4. The number of hydrogen-bond acceptors (Lipinski definition) is 7. The summed E-state index contributed by atoms with van der Waals surface area (Å²) in [7, 11) is 0. The van der Waals surface area contributed by atoms with E-state index in [2.05, 4.69) is 10.3 Å². The van der Waals surface area contributed by atoms with E-state index < -0.39 is 16.6 Å². The maximum absolute atomic E-state index is 12.4. The normalized spacial score (nSPS) is 10.9. The number of nitro benzene ring substituents is 1. The molecule has 1 N–H and O–H groups in total. The summed E-state index contributed by atoms with van der Waals surface area (Å²) in [5.41, 5.74) is 2.59. The number of carbonyl (C=O) groups is 1. The van der Waals surface area contributed by atoms with Gasteiger partial charge in [-0.25, -0.2) is 9.78 Å². The number of amides is 1. The first kappa shape index (κ1) is 18.6. The standard InChI is InChI=1S/C19H14N4O5S/c1-11-6-7-12(8-15(11)23(26)27)13-10-29-18(20-13)21-17(24)9-22-14-4-2-3-5-16(14)28-19(22)25/h2-8,10H,9H2,1H3,(H,20,21,24). The number of nitrogens with zero attached hydrogens (tertiary/aromatic N) is 3. The highest BCUT2D eigenvalue weighted by atomic mass is 32.1. The van der Waals surface area contributed by atoms with E-state index in [-0.39, 0.29) is 12.2 Å². The third-order valence-electron chi connectivity index (χ3n) is 4.33. The van der Waals surface area contributed by atoms with Crippen LogP contribution in [-0.4, -0.2) is 20.4 Å². The van der Waals surface area contributed by atoms with E-state index in [0.717, 1.165) is 0 Å². The molecule has 0 aliphatic heterocycles. The van der Waals surface area contributed by atoms with Crippen molar-refractivity contribution in [2.75, 3.05) is 5.32 Å². The third-order valence-corrected chi connectivity index (χ3v) is 5.09. The number of benzene rings is 2. The largest absolute Gasteiger partial charge is 0.420 e. The van der Waals surface area contributed by atoms with E-state index in [1.807, 2.05) is 0 Å². The summed E-state index contributed by atoms with van der Waals surface area (Å²) in [4.78, 5) is 39.4. The van der Waals surface area contributed by atoms with Crippen LogP contribution in [0.2, 0.25) is 0 Å². The van der Waals surface area contributed by atoms with Gasteiger partial charge >= 0.3 is 5.76 Å². The van der Waals surface area contributed by atoms with Crippen molar-refractivity contribution in [2.24, 2.45) is 0 Å². The van der Waals surface area contributed by atoms with Crippen molar-refractivity contribution in [1.29, 1.82) is 0 Å². The number of para-hydroxylation sites is 2. The lowest BCUT2D eigenvalue weighted by Gasteiger charge is -2.03. The second kappa shape index (κ2) is 7.32. The molecular formula is C19H14N4O5S. The Labute approximate surface area is 167 Å². The molecule has 0 aliphatic carbocycles. The van der Waals surface area contributed by atoms with E-state index in [4.69, 9.17) is 4.42 Å². The Morgan fingerprint density at radius 3 is 2.90 bits per heavy atom. The van der Waals surface area contributed by atoms with Crippen molar-refractivity contribution in [1.82, 2.24) is 9.55 Å². The zero-order valence-electron chi connectivity index (χ0n) is 15.1. The van der Waals surface area contributed by atoms with Crippen molar-refractivity contribution in [2.45, 2.75) is 13.5 Å². The van der Waals surface area contributed by atoms with Crippen molar-refractivity contribution in [3.8, 4) is 11.3 Å². The summed E-state index contributed by atoms with van der Waals surface area (Å²) < 4.78 is 6.35. The molecule has 10 heteroatoms. The predicted molar refractivity (Wildman–Crippen MR) is 108 cm³/mol. The lowest BCUT2D eigenvalue weighted by molar-refractivity contribution is -0.385. The van der Waals surface area contributed by atoms with E-state index in [9.17, 15) is 19.7 Å². The molecule has 1 amide bonds. The number of hydrogen-bond donors (Lipinski definition) is 1. The van der Waals surface area contributed by atoms with Crippen LogP contribution in [0, 0.1) is 17.0 Å². The molecule has 0 radical (unpaired) electrons. The highest BCUT2D eigenvalue weighted by Crippen LogP contribution is 2.29. The molecule has 0 fully saturated rings. The van der Waals surface area contributed by atoms with E-state index in [0.29, 0.717) is 33.1 Å². The van der Waals surface area contributed by atoms with Gasteiger partial charge in [-0.1, -0.05) is 24.3 Å². The Morgan fingerprint density at radius 2 is 2.10 bits per heavy atom. The minimum absolute atomic E-state index is 0.00676. The smallest absolute Gasteiger partial charge is 0.408 e. The van der Waals surface area contributed by atoms with Gasteiger partial charge in [-0.05, 0) is 19.1 Å². The molecule has 0 unspecified atom stereocenters. The SMILES string of the molecule is Cc1ccc(-c2csc(NC(=O)Cn3c(=O)oc4ccccc43)n2)cc1[N+](=O)[O-]. The minimum Gasteiger partial charge on any atom is -0.408 e. The molecule has 0 aliphatic rings. The van der Waals surface area contributed by atoms with Gasteiger partial charge in [0.2, 0.25) is 5.91 Å². The minimum atomic E-state index is -0.617. The fraction of sp³-hybridized carbons (Fsp3) is 0.105. The molecular weight excluding hydrogens is 396 g/mol. The van der Waals surface area contributed by atoms with Crippen LogP contribution in [0.5, 0.6) is 0 Å². The first-order valence-corrected chi connectivity index (χ1v) is 9.39. The number of carbonyl (C=O) groups excluding carboxylic acids is 1. The summed E-state index contributed by atoms with van der Waals surface area (Å²) in [5, 5.41) is 15.8. The molecule has 4 aromatic rings. The number of nitrogens with one attached hydrogen (secondary N) is 1. The summed E-state index contributed by atoms with van der Waals surface area (Å²) in [6.07, 6.45) is 0. The average molecular weight is 410 g/mol. The van der Waals surface area contributed by atoms with Gasteiger partial charge in [-0.3, -0.25) is 19.5 Å². The molecule has 146 valence electrons. The van der Waals surface area contributed by atoms with Gasteiger partial charge in [-0.2, -0.15) is 0 Å². The van der Waals surface area contributed by atoms with E-state index in [1.165, 1.54) is 22.0 Å². The van der Waals surface area contributed by atoms with Crippen molar-refractivity contribution < 1.29 is 14.1 Å². The summed E-state index contributed by atoms with van der Waals surface area (Å²) in [6.45, 7) is 1.44. The fourth-order valence-corrected chi connectivity index (χ4v) is 3.63. The molecule has 0 spiro atoms. The lowest BCUT2D eigenvalue weighted by Crippen LogP contribution is -2.24. The highest BCUT2D eigenvalue weighted by Gasteiger charge is 2.16. The zero-order chi connectivity index (χ0) is 20.5. The number of anilines is 1. The quantitative estimate of drug-likeness (QED) is 0.397. The molecule has 9 nitrogen and oxygen atoms in total. The van der Waals surface area contributed by atoms with Gasteiger partial charge in [-0.15, -0.1) is 11.3 Å². The highest BCUT2D eigenvalue weighted by molar-refractivity contribution is 7.14. The first-order valence-electron chi connectivity index (χ1n) is 8.51. The monoisotopic (exact) mass is 410 g/mol. The lowest BCUT2D eigenvalue weighted by atomic mass is 10.1. The van der Waals surface area contributed by atoms with Crippen molar-refractivity contribution in [3.63, 3.8) is 0 Å². The first-order chi connectivity index (χ1) is 13.9. The average Bonchev–Trinajstić information content (AvgIpc) is 3.27. The third kappa shape index (κ3) is 3.65. The second-order valence-electron chi connectivity index (χ2n) is 6.27. The van der Waals surface area contributed by atoms with Gasteiger partial charge in [0, 0.05) is 22.6 Å². The van der Waals surface area contributed by atoms with Gasteiger partial charge in [0.25, 0.3) is 5.69 Å². The van der Waals surface area contributed by atoms with Gasteiger partial charge in [0.15, 0.2) is 10.7 Å². The van der Waals surface area contributed by atoms with Crippen LogP contribution in [0.15, 0.2) is 57.1 Å². The summed E-state index contributed by atoms with van der Waals surface area (Å²) in [5.74, 6) is -1.05. The molecule has 0 saturated carbocycles. The van der Waals surface area contributed by atoms with Crippen LogP contribution in [0.25, 0.3) is 22.4 Å². The molecule has 0 atom stereocenters. The van der Waals surface area contributed by atoms with Gasteiger partial charge in [0.1, 0.15) is 6.54 Å². The van der Waals surface area contributed by atoms with Crippen molar-refractivity contribution in [3.05, 3.63) is 74.1 Å².